The van der Waals surface area contributed by atoms with Gasteiger partial charge in [-0.3, -0.25) is 14.6 Å². The number of carbonyl (C=O) groups is 1. The van der Waals surface area contributed by atoms with Gasteiger partial charge in [-0.25, -0.2) is 0 Å². The third-order valence-electron chi connectivity index (χ3n) is 6.59. The van der Waals surface area contributed by atoms with Crippen molar-refractivity contribution in [1.29, 1.82) is 0 Å². The number of amides is 1. The molecule has 3 N–H and O–H groups in total. The molecule has 0 aromatic heterocycles. The van der Waals surface area contributed by atoms with E-state index in [0.29, 0.717) is 42.2 Å². The maximum atomic E-state index is 13.5. The van der Waals surface area contributed by atoms with E-state index in [-0.39, 0.29) is 11.5 Å². The monoisotopic (exact) mass is 495 g/mol. The van der Waals surface area contributed by atoms with E-state index in [1.165, 1.54) is 6.20 Å². The van der Waals surface area contributed by atoms with E-state index in [9.17, 15) is 9.59 Å². The van der Waals surface area contributed by atoms with E-state index in [0.717, 1.165) is 35.5 Å². The minimum Gasteiger partial charge on any atom is -0.405 e. The molecule has 0 spiro atoms. The average molecular weight is 496 g/mol. The topological polar surface area (TPSA) is 94.8 Å². The summed E-state index contributed by atoms with van der Waals surface area (Å²) < 4.78 is 0. The minimum absolute atomic E-state index is 0.0248. The molecule has 0 bridgehead atoms. The van der Waals surface area contributed by atoms with Crippen LogP contribution in [0.5, 0.6) is 0 Å². The molecule has 1 fully saturated rings. The second kappa shape index (κ2) is 11.6. The number of hydrogen-bond acceptors (Lipinski definition) is 5. The van der Waals surface area contributed by atoms with Crippen LogP contribution in [0, 0.1) is 6.92 Å². The molecule has 0 saturated carbocycles. The van der Waals surface area contributed by atoms with Gasteiger partial charge < -0.3 is 20.5 Å². The molecule has 1 amide bonds. The number of aryl methyl sites for hydroxylation is 1. The molecule has 1 aromatic rings. The fourth-order valence-electron chi connectivity index (χ4n) is 4.69. The molecule has 0 unspecified atom stereocenters. The van der Waals surface area contributed by atoms with Crippen molar-refractivity contribution in [3.63, 3.8) is 0 Å². The Morgan fingerprint density at radius 1 is 1.08 bits per heavy atom. The summed E-state index contributed by atoms with van der Waals surface area (Å²) in [4.78, 5) is 38.0. The maximum absolute atomic E-state index is 13.5. The number of benzene rings is 1. The highest BCUT2D eigenvalue weighted by Crippen LogP contribution is 2.26. The molecule has 1 saturated heterocycles. The Hall–Kier alpha value is -4.39. The van der Waals surface area contributed by atoms with Gasteiger partial charge in [-0.1, -0.05) is 43.0 Å². The van der Waals surface area contributed by atoms with Crippen LogP contribution < -0.4 is 11.3 Å². The average Bonchev–Trinajstić information content (AvgIpc) is 3.07. The number of allylic oxidation sites excluding steroid dienone is 3. The van der Waals surface area contributed by atoms with Crippen molar-refractivity contribution in [2.24, 2.45) is 10.7 Å². The molecule has 7 heteroatoms. The number of aromatic amines is 1. The van der Waals surface area contributed by atoms with Crippen molar-refractivity contribution in [3.8, 4) is 11.3 Å². The second-order valence-electron chi connectivity index (χ2n) is 9.08. The highest BCUT2D eigenvalue weighted by atomic mass is 16.2. The van der Waals surface area contributed by atoms with E-state index in [4.69, 9.17) is 10.7 Å². The van der Waals surface area contributed by atoms with Gasteiger partial charge in [-0.05, 0) is 62.4 Å². The summed E-state index contributed by atoms with van der Waals surface area (Å²) >= 11 is 0. The lowest BCUT2D eigenvalue weighted by molar-refractivity contribution is 0.0763. The molecule has 1 aliphatic carbocycles. The maximum Gasteiger partial charge on any atom is 0.258 e. The first kappa shape index (κ1) is 25.7. The van der Waals surface area contributed by atoms with Crippen LogP contribution in [-0.4, -0.2) is 52.6 Å². The third-order valence-corrected chi connectivity index (χ3v) is 6.59. The number of nitrogens with two attached hydrogens (primary N) is 1. The van der Waals surface area contributed by atoms with Gasteiger partial charge >= 0.3 is 0 Å². The summed E-state index contributed by atoms with van der Waals surface area (Å²) in [7, 11) is 0. The molecule has 0 radical (unpaired) electrons. The molecule has 4 rings (SSSR count). The van der Waals surface area contributed by atoms with Crippen molar-refractivity contribution in [2.45, 2.75) is 20.3 Å². The minimum atomic E-state index is -0.171. The molecule has 3 aliphatic rings. The molecule has 190 valence electrons. The van der Waals surface area contributed by atoms with Gasteiger partial charge in [0.2, 0.25) is 0 Å². The van der Waals surface area contributed by atoms with Crippen LogP contribution in [0.3, 0.4) is 0 Å². The summed E-state index contributed by atoms with van der Waals surface area (Å²) in [5, 5.41) is 0. The molecular formula is C30H33N5O2. The van der Waals surface area contributed by atoms with Gasteiger partial charge in [0.15, 0.2) is 0 Å². The second-order valence-corrected chi connectivity index (χ2v) is 9.08. The lowest BCUT2D eigenvalue weighted by atomic mass is 10.1. The van der Waals surface area contributed by atoms with Crippen LogP contribution in [-0.2, 0) is 0 Å². The van der Waals surface area contributed by atoms with Gasteiger partial charge in [-0.15, -0.1) is 0 Å². The molecule has 0 atom stereocenters. The number of nitrogens with one attached hydrogen (secondary N) is 1. The molecule has 2 heterocycles. The number of aliphatic imine (C=N–C) groups is 1. The number of fused-ring (bicyclic) bond motifs is 1. The molecule has 1 aromatic carbocycles. The van der Waals surface area contributed by atoms with Crippen LogP contribution in [0.25, 0.3) is 11.3 Å². The van der Waals surface area contributed by atoms with Gasteiger partial charge in [0.1, 0.15) is 0 Å². The fraction of sp³-hybridized carbons (Fsp3) is 0.233. The summed E-state index contributed by atoms with van der Waals surface area (Å²) in [6.45, 7) is 10.4. The molecule has 37 heavy (non-hydrogen) atoms. The molecule has 2 aliphatic heterocycles. The SMILES string of the molecule is C=C/C=C(\C=C/N)N1CCCN(C(=O)c2ccc(C)c(/N=C(\C)c3c4cccccc-4[nH]c3=O)c2)CC1. The smallest absolute Gasteiger partial charge is 0.258 e. The van der Waals surface area contributed by atoms with E-state index >= 15 is 0 Å². The number of H-pyrrole nitrogens is 1. The van der Waals surface area contributed by atoms with Crippen molar-refractivity contribution in [3.05, 3.63) is 112 Å². The van der Waals surface area contributed by atoms with E-state index < -0.39 is 0 Å². The van der Waals surface area contributed by atoms with Gasteiger partial charge in [0.25, 0.3) is 11.5 Å². The Morgan fingerprint density at radius 2 is 1.84 bits per heavy atom. The van der Waals surface area contributed by atoms with E-state index in [1.54, 1.807) is 6.08 Å². The largest absolute Gasteiger partial charge is 0.405 e. The number of aromatic nitrogens is 1. The first-order chi connectivity index (χ1) is 17.9. The lowest BCUT2D eigenvalue weighted by Gasteiger charge is -2.24. The Balaban J connectivity index is 1.58. The molecule has 7 nitrogen and oxygen atoms in total. The van der Waals surface area contributed by atoms with E-state index in [1.807, 2.05) is 79.4 Å². The first-order valence-corrected chi connectivity index (χ1v) is 12.5. The Labute approximate surface area is 217 Å². The fourth-order valence-corrected chi connectivity index (χ4v) is 4.69. The summed E-state index contributed by atoms with van der Waals surface area (Å²) in [6, 6.07) is 15.1. The van der Waals surface area contributed by atoms with Crippen LogP contribution in [0.15, 0.2) is 95.0 Å². The summed E-state index contributed by atoms with van der Waals surface area (Å²) in [5.74, 6) is -0.0248. The van der Waals surface area contributed by atoms with Crippen molar-refractivity contribution < 1.29 is 4.79 Å². The van der Waals surface area contributed by atoms with Crippen LogP contribution in [0.4, 0.5) is 5.69 Å². The van der Waals surface area contributed by atoms with Crippen molar-refractivity contribution >= 4 is 17.3 Å². The number of rotatable bonds is 6. The van der Waals surface area contributed by atoms with Gasteiger partial charge in [0.05, 0.1) is 17.0 Å². The zero-order valence-corrected chi connectivity index (χ0v) is 21.4. The number of hydrogen-bond donors (Lipinski definition) is 2. The predicted molar refractivity (Wildman–Crippen MR) is 150 cm³/mol. The third kappa shape index (κ3) is 5.72. The van der Waals surface area contributed by atoms with Gasteiger partial charge in [0, 0.05) is 48.7 Å². The summed E-state index contributed by atoms with van der Waals surface area (Å²) in [6.07, 6.45) is 7.89. The van der Waals surface area contributed by atoms with Gasteiger partial charge in [-0.2, -0.15) is 0 Å². The summed E-state index contributed by atoms with van der Waals surface area (Å²) in [5.41, 5.74) is 11.4. The first-order valence-electron chi connectivity index (χ1n) is 12.5. The van der Waals surface area contributed by atoms with Crippen LogP contribution in [0.2, 0.25) is 0 Å². The van der Waals surface area contributed by atoms with Crippen molar-refractivity contribution in [1.82, 2.24) is 14.8 Å². The Kier molecular flexibility index (Phi) is 8.03. The number of carbonyl (C=O) groups excluding carboxylic acids is 1. The molecular weight excluding hydrogens is 462 g/mol. The standard InChI is InChI=1S/C30H33N5O2/c1-4-9-24(14-15-31)34-16-8-17-35(19-18-34)30(37)23-13-12-21(2)27(20-23)32-22(3)28-25-10-6-5-7-11-26(25)33-29(28)36/h4-7,9-15,20H,1,8,16-19,31H2,2-3H3,(H,33,36)/b15-14-,24-9+,32-22+. The lowest BCUT2D eigenvalue weighted by Crippen LogP contribution is -2.35. The van der Waals surface area contributed by atoms with Crippen LogP contribution >= 0.6 is 0 Å². The van der Waals surface area contributed by atoms with E-state index in [2.05, 4.69) is 16.5 Å². The zero-order chi connectivity index (χ0) is 26.4. The number of nitrogens with zero attached hydrogens (tertiary/aromatic N) is 3. The highest BCUT2D eigenvalue weighted by Gasteiger charge is 2.22. The highest BCUT2D eigenvalue weighted by molar-refractivity contribution is 6.06. The quantitative estimate of drug-likeness (QED) is 0.385. The Bertz CT molecular complexity index is 1420. The van der Waals surface area contributed by atoms with Crippen LogP contribution in [0.1, 0.15) is 34.8 Å². The van der Waals surface area contributed by atoms with Crippen molar-refractivity contribution in [2.75, 3.05) is 26.2 Å². The predicted octanol–water partition coefficient (Wildman–Crippen LogP) is 4.62. The normalized spacial score (nSPS) is 15.3. The Morgan fingerprint density at radius 3 is 2.62 bits per heavy atom. The zero-order valence-electron chi connectivity index (χ0n) is 21.4.